The largest absolute Gasteiger partial charge is 0.355 e. The topological polar surface area (TPSA) is 70.2 Å². The molecule has 2 saturated heterocycles. The van der Waals surface area contributed by atoms with Crippen LogP contribution in [0.1, 0.15) is 48.0 Å². The Morgan fingerprint density at radius 2 is 1.91 bits per heavy atom. The first-order valence-corrected chi connectivity index (χ1v) is 8.43. The lowest BCUT2D eigenvalue weighted by Gasteiger charge is -2.28. The van der Waals surface area contributed by atoms with Crippen molar-refractivity contribution >= 4 is 17.5 Å². The molecule has 2 bridgehead atoms. The Morgan fingerprint density at radius 1 is 1.22 bits per heavy atom. The second kappa shape index (κ2) is 6.71. The van der Waals surface area contributed by atoms with Gasteiger partial charge in [0.1, 0.15) is 0 Å². The molecule has 2 heterocycles. The standard InChI is InChI=1S/C18H25N3O2/c1-11-3-4-13(18(23)19-2)10-16(11)21-17(22)9-12-7-14-5-6-15(8-12)20-14/h3-4,10,12,14-15,20H,5-9H2,1-2H3,(H,19,23)(H,21,22). The van der Waals surface area contributed by atoms with Crippen molar-refractivity contribution in [3.63, 3.8) is 0 Å². The average molecular weight is 315 g/mol. The first-order valence-electron chi connectivity index (χ1n) is 8.43. The van der Waals surface area contributed by atoms with Gasteiger partial charge in [0, 0.05) is 36.8 Å². The third-order valence-corrected chi connectivity index (χ3v) is 5.05. The fourth-order valence-electron chi connectivity index (χ4n) is 3.85. The number of carbonyl (C=O) groups is 2. The Morgan fingerprint density at radius 3 is 2.57 bits per heavy atom. The van der Waals surface area contributed by atoms with E-state index < -0.39 is 0 Å². The van der Waals surface area contributed by atoms with Crippen molar-refractivity contribution in [1.82, 2.24) is 10.6 Å². The summed E-state index contributed by atoms with van der Waals surface area (Å²) >= 11 is 0. The zero-order chi connectivity index (χ0) is 16.4. The van der Waals surface area contributed by atoms with E-state index in [1.807, 2.05) is 13.0 Å². The number of rotatable bonds is 4. The predicted octanol–water partition coefficient (Wildman–Crippen LogP) is 2.21. The summed E-state index contributed by atoms with van der Waals surface area (Å²) in [6, 6.07) is 6.59. The summed E-state index contributed by atoms with van der Waals surface area (Å²) in [5.41, 5.74) is 2.26. The second-order valence-electron chi connectivity index (χ2n) is 6.84. The van der Waals surface area contributed by atoms with Crippen molar-refractivity contribution in [3.05, 3.63) is 29.3 Å². The van der Waals surface area contributed by atoms with Crippen LogP contribution in [0.15, 0.2) is 18.2 Å². The van der Waals surface area contributed by atoms with Crippen LogP contribution in [-0.4, -0.2) is 30.9 Å². The number of aryl methyl sites for hydroxylation is 1. The summed E-state index contributed by atoms with van der Waals surface area (Å²) in [7, 11) is 1.60. The maximum Gasteiger partial charge on any atom is 0.251 e. The monoisotopic (exact) mass is 315 g/mol. The Hall–Kier alpha value is -1.88. The Bertz CT molecular complexity index is 602. The lowest BCUT2D eigenvalue weighted by atomic mass is 9.89. The number of hydrogen-bond donors (Lipinski definition) is 3. The highest BCUT2D eigenvalue weighted by Gasteiger charge is 2.34. The third kappa shape index (κ3) is 3.72. The van der Waals surface area contributed by atoms with Gasteiger partial charge in [0.05, 0.1) is 0 Å². The predicted molar refractivity (Wildman–Crippen MR) is 90.5 cm³/mol. The Labute approximate surface area is 137 Å². The van der Waals surface area contributed by atoms with Crippen molar-refractivity contribution in [2.24, 2.45) is 5.92 Å². The van der Waals surface area contributed by atoms with Crippen LogP contribution in [0.4, 0.5) is 5.69 Å². The zero-order valence-corrected chi connectivity index (χ0v) is 13.8. The number of nitrogens with one attached hydrogen (secondary N) is 3. The Balaban J connectivity index is 1.62. The SMILES string of the molecule is CNC(=O)c1ccc(C)c(NC(=O)CC2CC3CCC(C2)N3)c1. The highest BCUT2D eigenvalue weighted by atomic mass is 16.2. The molecule has 3 N–H and O–H groups in total. The molecule has 2 unspecified atom stereocenters. The van der Waals surface area contributed by atoms with Crippen molar-refractivity contribution in [1.29, 1.82) is 0 Å². The molecule has 0 radical (unpaired) electrons. The van der Waals surface area contributed by atoms with Gasteiger partial charge < -0.3 is 16.0 Å². The van der Waals surface area contributed by atoms with Crippen LogP contribution in [0.2, 0.25) is 0 Å². The molecule has 1 aromatic carbocycles. The van der Waals surface area contributed by atoms with Crippen LogP contribution in [0.25, 0.3) is 0 Å². The van der Waals surface area contributed by atoms with Crippen LogP contribution in [0, 0.1) is 12.8 Å². The summed E-state index contributed by atoms with van der Waals surface area (Å²) in [5, 5.41) is 9.20. The molecule has 0 spiro atoms. The molecule has 2 aliphatic rings. The number of hydrogen-bond acceptors (Lipinski definition) is 3. The van der Waals surface area contributed by atoms with E-state index in [4.69, 9.17) is 0 Å². The summed E-state index contributed by atoms with van der Waals surface area (Å²) in [6.45, 7) is 1.94. The number of benzene rings is 1. The van der Waals surface area contributed by atoms with Gasteiger partial charge in [-0.2, -0.15) is 0 Å². The molecular weight excluding hydrogens is 290 g/mol. The molecule has 5 nitrogen and oxygen atoms in total. The smallest absolute Gasteiger partial charge is 0.251 e. The lowest BCUT2D eigenvalue weighted by Crippen LogP contribution is -2.39. The van der Waals surface area contributed by atoms with Crippen LogP contribution in [0.5, 0.6) is 0 Å². The van der Waals surface area contributed by atoms with E-state index in [1.54, 1.807) is 19.2 Å². The molecule has 2 atom stereocenters. The van der Waals surface area contributed by atoms with Gasteiger partial charge in [0.15, 0.2) is 0 Å². The van der Waals surface area contributed by atoms with E-state index in [0.717, 1.165) is 24.1 Å². The molecule has 124 valence electrons. The summed E-state index contributed by atoms with van der Waals surface area (Å²) in [5.74, 6) is 0.375. The maximum atomic E-state index is 12.4. The van der Waals surface area contributed by atoms with Crippen molar-refractivity contribution in [3.8, 4) is 0 Å². The molecule has 2 fully saturated rings. The molecule has 0 aromatic heterocycles. The van der Waals surface area contributed by atoms with Gasteiger partial charge in [-0.05, 0) is 56.2 Å². The minimum Gasteiger partial charge on any atom is -0.355 e. The van der Waals surface area contributed by atoms with E-state index in [9.17, 15) is 9.59 Å². The van der Waals surface area contributed by atoms with Gasteiger partial charge in [-0.15, -0.1) is 0 Å². The number of amides is 2. The molecule has 2 amide bonds. The first kappa shape index (κ1) is 16.0. The maximum absolute atomic E-state index is 12.4. The molecule has 23 heavy (non-hydrogen) atoms. The number of carbonyl (C=O) groups excluding carboxylic acids is 2. The molecule has 0 aliphatic carbocycles. The normalized spacial score (nSPS) is 25.9. The van der Waals surface area contributed by atoms with Gasteiger partial charge in [0.25, 0.3) is 5.91 Å². The van der Waals surface area contributed by atoms with E-state index in [-0.39, 0.29) is 11.8 Å². The highest BCUT2D eigenvalue weighted by Crippen LogP contribution is 2.33. The molecule has 0 saturated carbocycles. The molecular formula is C18H25N3O2. The van der Waals surface area contributed by atoms with Crippen LogP contribution < -0.4 is 16.0 Å². The van der Waals surface area contributed by atoms with Crippen LogP contribution in [0.3, 0.4) is 0 Å². The van der Waals surface area contributed by atoms with Gasteiger partial charge >= 0.3 is 0 Å². The van der Waals surface area contributed by atoms with Gasteiger partial charge in [-0.1, -0.05) is 6.07 Å². The van der Waals surface area contributed by atoms with Gasteiger partial charge in [-0.25, -0.2) is 0 Å². The van der Waals surface area contributed by atoms with E-state index in [1.165, 1.54) is 12.8 Å². The quantitative estimate of drug-likeness (QED) is 0.798. The minimum absolute atomic E-state index is 0.0495. The van der Waals surface area contributed by atoms with Gasteiger partial charge in [0.2, 0.25) is 5.91 Å². The lowest BCUT2D eigenvalue weighted by molar-refractivity contribution is -0.117. The van der Waals surface area contributed by atoms with E-state index in [2.05, 4.69) is 16.0 Å². The highest BCUT2D eigenvalue weighted by molar-refractivity contribution is 5.97. The first-order chi connectivity index (χ1) is 11.0. The van der Waals surface area contributed by atoms with E-state index in [0.29, 0.717) is 30.0 Å². The molecule has 5 heteroatoms. The fraction of sp³-hybridized carbons (Fsp3) is 0.556. The van der Waals surface area contributed by atoms with Crippen molar-refractivity contribution in [2.45, 2.75) is 51.1 Å². The summed E-state index contributed by atoms with van der Waals surface area (Å²) in [4.78, 5) is 24.1. The molecule has 3 rings (SSSR count). The number of piperidine rings is 1. The Kier molecular flexibility index (Phi) is 4.66. The van der Waals surface area contributed by atoms with Crippen LogP contribution >= 0.6 is 0 Å². The van der Waals surface area contributed by atoms with Crippen LogP contribution in [-0.2, 0) is 4.79 Å². The third-order valence-electron chi connectivity index (χ3n) is 5.05. The molecule has 1 aromatic rings. The van der Waals surface area contributed by atoms with E-state index >= 15 is 0 Å². The average Bonchev–Trinajstić information content (AvgIpc) is 2.87. The van der Waals surface area contributed by atoms with Crippen molar-refractivity contribution in [2.75, 3.05) is 12.4 Å². The number of anilines is 1. The van der Waals surface area contributed by atoms with Gasteiger partial charge in [-0.3, -0.25) is 9.59 Å². The number of fused-ring (bicyclic) bond motifs is 2. The summed E-state index contributed by atoms with van der Waals surface area (Å²) < 4.78 is 0. The zero-order valence-electron chi connectivity index (χ0n) is 13.8. The molecule has 2 aliphatic heterocycles. The minimum atomic E-state index is -0.143. The second-order valence-corrected chi connectivity index (χ2v) is 6.84. The fourth-order valence-corrected chi connectivity index (χ4v) is 3.85. The summed E-state index contributed by atoms with van der Waals surface area (Å²) in [6.07, 6.45) is 5.26. The van der Waals surface area contributed by atoms with Crippen molar-refractivity contribution < 1.29 is 9.59 Å².